The second-order valence-corrected chi connectivity index (χ2v) is 8.85. The van der Waals surface area contributed by atoms with Crippen LogP contribution in [0.3, 0.4) is 0 Å². The Morgan fingerprint density at radius 2 is 1.74 bits per heavy atom. The van der Waals surface area contributed by atoms with Crippen LogP contribution in [-0.4, -0.2) is 70.6 Å². The second-order valence-electron chi connectivity index (χ2n) is 7.17. The third kappa shape index (κ3) is 4.79. The van der Waals surface area contributed by atoms with Crippen LogP contribution in [0.15, 0.2) is 41.3 Å². The summed E-state index contributed by atoms with van der Waals surface area (Å²) in [4.78, 5) is 4.90. The summed E-state index contributed by atoms with van der Waals surface area (Å²) in [7, 11) is -1.51. The molecule has 0 aliphatic carbocycles. The lowest BCUT2D eigenvalue weighted by molar-refractivity contribution is 0.147. The average Bonchev–Trinajstić information content (AvgIpc) is 2.63. The van der Waals surface area contributed by atoms with E-state index in [4.69, 9.17) is 4.74 Å². The van der Waals surface area contributed by atoms with Crippen molar-refractivity contribution in [2.24, 2.45) is 0 Å². The molecule has 0 bridgehead atoms. The molecule has 0 amide bonds. The monoisotopic (exact) mass is 391 g/mol. The summed E-state index contributed by atoms with van der Waals surface area (Å²) in [5, 5.41) is 1.50. The Bertz CT molecular complexity index is 877. The Morgan fingerprint density at radius 3 is 2.41 bits per heavy atom. The highest BCUT2D eigenvalue weighted by atomic mass is 32.2. The van der Waals surface area contributed by atoms with Crippen LogP contribution < -0.4 is 9.46 Å². The van der Waals surface area contributed by atoms with E-state index < -0.39 is 10.0 Å². The molecular weight excluding hydrogens is 362 g/mol. The molecule has 148 valence electrons. The predicted molar refractivity (Wildman–Crippen MR) is 109 cm³/mol. The van der Waals surface area contributed by atoms with Crippen molar-refractivity contribution < 1.29 is 13.2 Å². The van der Waals surface area contributed by atoms with Crippen molar-refractivity contribution >= 4 is 20.8 Å². The van der Waals surface area contributed by atoms with Gasteiger partial charge in [0.2, 0.25) is 10.0 Å². The summed E-state index contributed by atoms with van der Waals surface area (Å²) < 4.78 is 34.6. The van der Waals surface area contributed by atoms with E-state index in [0.717, 1.165) is 31.6 Å². The summed E-state index contributed by atoms with van der Waals surface area (Å²) >= 11 is 0. The van der Waals surface area contributed by atoms with Crippen LogP contribution in [0.25, 0.3) is 10.8 Å². The van der Waals surface area contributed by atoms with E-state index in [0.29, 0.717) is 29.2 Å². The van der Waals surface area contributed by atoms with Gasteiger partial charge in [-0.05, 0) is 33.0 Å². The second kappa shape index (κ2) is 8.56. The molecule has 3 rings (SSSR count). The number of ether oxygens (including phenoxy) is 1. The van der Waals surface area contributed by atoms with Gasteiger partial charge in [-0.1, -0.05) is 24.3 Å². The molecule has 0 spiro atoms. The minimum absolute atomic E-state index is 0.163. The fraction of sp³-hybridized carbons (Fsp3) is 0.500. The summed E-state index contributed by atoms with van der Waals surface area (Å²) in [6, 6.07) is 10.7. The summed E-state index contributed by atoms with van der Waals surface area (Å²) in [5.74, 6) is 0.706. The number of sulfonamides is 1. The van der Waals surface area contributed by atoms with Crippen molar-refractivity contribution in [2.45, 2.75) is 24.8 Å². The molecule has 0 radical (unpaired) electrons. The van der Waals surface area contributed by atoms with Crippen LogP contribution in [0.5, 0.6) is 5.75 Å². The fourth-order valence-electron chi connectivity index (χ4n) is 3.54. The standard InChI is InChI=1S/C20H29N3O3S/c1-4-26-19-9-10-20(18-8-6-5-7-17(18)19)27(24,25)21-16(2)15-23-13-11-22(3)12-14-23/h5-10,16,21H,4,11-15H2,1-3H3. The minimum atomic E-state index is -3.62. The molecule has 0 saturated carbocycles. The van der Waals surface area contributed by atoms with Gasteiger partial charge in [-0.15, -0.1) is 0 Å². The van der Waals surface area contributed by atoms with Gasteiger partial charge in [-0.25, -0.2) is 13.1 Å². The van der Waals surface area contributed by atoms with E-state index in [-0.39, 0.29) is 6.04 Å². The Labute approximate surface area is 162 Å². The van der Waals surface area contributed by atoms with Gasteiger partial charge in [0, 0.05) is 49.5 Å². The Kier molecular flexibility index (Phi) is 6.37. The quantitative estimate of drug-likeness (QED) is 0.784. The number of hydrogen-bond donors (Lipinski definition) is 1. The first kappa shape index (κ1) is 20.1. The number of nitrogens with zero attached hydrogens (tertiary/aromatic N) is 2. The topological polar surface area (TPSA) is 61.9 Å². The third-order valence-corrected chi connectivity index (χ3v) is 6.57. The molecular formula is C20H29N3O3S. The first-order chi connectivity index (χ1) is 12.9. The molecule has 1 fully saturated rings. The predicted octanol–water partition coefficient (Wildman–Crippen LogP) is 2.15. The number of benzene rings is 2. The highest BCUT2D eigenvalue weighted by molar-refractivity contribution is 7.89. The molecule has 1 heterocycles. The minimum Gasteiger partial charge on any atom is -0.493 e. The zero-order valence-electron chi connectivity index (χ0n) is 16.3. The van der Waals surface area contributed by atoms with Gasteiger partial charge in [0.15, 0.2) is 0 Å². The van der Waals surface area contributed by atoms with Gasteiger partial charge in [-0.3, -0.25) is 4.90 Å². The summed E-state index contributed by atoms with van der Waals surface area (Å²) in [6.07, 6.45) is 0. The van der Waals surface area contributed by atoms with Crippen LogP contribution in [0.1, 0.15) is 13.8 Å². The maximum absolute atomic E-state index is 13.0. The number of piperazine rings is 1. The SMILES string of the molecule is CCOc1ccc(S(=O)(=O)NC(C)CN2CCN(C)CC2)c2ccccc12. The molecule has 27 heavy (non-hydrogen) atoms. The van der Waals surface area contributed by atoms with Crippen molar-refractivity contribution in [1.29, 1.82) is 0 Å². The van der Waals surface area contributed by atoms with E-state index in [1.165, 1.54) is 0 Å². The Hall–Kier alpha value is -1.67. The van der Waals surface area contributed by atoms with Crippen LogP contribution in [0.2, 0.25) is 0 Å². The average molecular weight is 392 g/mol. The molecule has 6 nitrogen and oxygen atoms in total. The number of rotatable bonds is 7. The number of likely N-dealkylation sites (N-methyl/N-ethyl adjacent to an activating group) is 1. The van der Waals surface area contributed by atoms with Gasteiger partial charge >= 0.3 is 0 Å². The van der Waals surface area contributed by atoms with Gasteiger partial charge in [0.1, 0.15) is 5.75 Å². The lowest BCUT2D eigenvalue weighted by atomic mass is 10.1. The molecule has 2 aromatic carbocycles. The highest BCUT2D eigenvalue weighted by Gasteiger charge is 2.23. The molecule has 1 N–H and O–H groups in total. The number of hydrogen-bond acceptors (Lipinski definition) is 5. The fourth-order valence-corrected chi connectivity index (χ4v) is 4.99. The molecule has 1 unspecified atom stereocenters. The van der Waals surface area contributed by atoms with Crippen LogP contribution >= 0.6 is 0 Å². The summed E-state index contributed by atoms with van der Waals surface area (Å²) in [5.41, 5.74) is 0. The molecule has 1 aliphatic heterocycles. The van der Waals surface area contributed by atoms with Gasteiger partial charge in [0.05, 0.1) is 11.5 Å². The Balaban J connectivity index is 1.79. The van der Waals surface area contributed by atoms with Gasteiger partial charge in [-0.2, -0.15) is 0 Å². The van der Waals surface area contributed by atoms with Crippen LogP contribution in [-0.2, 0) is 10.0 Å². The van der Waals surface area contributed by atoms with E-state index >= 15 is 0 Å². The number of fused-ring (bicyclic) bond motifs is 1. The van der Waals surface area contributed by atoms with Gasteiger partial charge in [0.25, 0.3) is 0 Å². The molecule has 1 atom stereocenters. The molecule has 0 aromatic heterocycles. The first-order valence-corrected chi connectivity index (χ1v) is 11.0. The van der Waals surface area contributed by atoms with Crippen LogP contribution in [0, 0.1) is 0 Å². The molecule has 2 aromatic rings. The van der Waals surface area contributed by atoms with Gasteiger partial charge < -0.3 is 9.64 Å². The molecule has 1 aliphatic rings. The zero-order valence-corrected chi connectivity index (χ0v) is 17.1. The highest BCUT2D eigenvalue weighted by Crippen LogP contribution is 2.31. The summed E-state index contributed by atoms with van der Waals surface area (Å²) in [6.45, 7) is 9.06. The molecule has 7 heteroatoms. The lowest BCUT2D eigenvalue weighted by Gasteiger charge is -2.34. The number of nitrogens with one attached hydrogen (secondary N) is 1. The van der Waals surface area contributed by atoms with E-state index in [1.54, 1.807) is 12.1 Å². The van der Waals surface area contributed by atoms with Crippen LogP contribution in [0.4, 0.5) is 0 Å². The van der Waals surface area contributed by atoms with Crippen molar-refractivity contribution in [2.75, 3.05) is 46.4 Å². The Morgan fingerprint density at radius 1 is 1.07 bits per heavy atom. The van der Waals surface area contributed by atoms with Crippen molar-refractivity contribution in [1.82, 2.24) is 14.5 Å². The maximum atomic E-state index is 13.0. The van der Waals surface area contributed by atoms with E-state index in [2.05, 4.69) is 21.6 Å². The van der Waals surface area contributed by atoms with E-state index in [9.17, 15) is 8.42 Å². The van der Waals surface area contributed by atoms with Crippen molar-refractivity contribution in [3.05, 3.63) is 36.4 Å². The van der Waals surface area contributed by atoms with E-state index in [1.807, 2.05) is 38.1 Å². The first-order valence-electron chi connectivity index (χ1n) is 9.48. The third-order valence-electron chi connectivity index (χ3n) is 4.92. The maximum Gasteiger partial charge on any atom is 0.241 e. The molecule has 1 saturated heterocycles. The zero-order chi connectivity index (χ0) is 19.4. The van der Waals surface area contributed by atoms with Crippen molar-refractivity contribution in [3.8, 4) is 5.75 Å². The lowest BCUT2D eigenvalue weighted by Crippen LogP contribution is -2.49. The van der Waals surface area contributed by atoms with Crippen molar-refractivity contribution in [3.63, 3.8) is 0 Å². The largest absolute Gasteiger partial charge is 0.493 e. The normalized spacial score (nSPS) is 17.9. The smallest absolute Gasteiger partial charge is 0.241 e.